The highest BCUT2D eigenvalue weighted by Crippen LogP contribution is 2.27. The number of aryl methyl sites for hydroxylation is 1. The normalized spacial score (nSPS) is 11.6. The molecule has 0 unspecified atom stereocenters. The van der Waals surface area contributed by atoms with Crippen LogP contribution in [0.3, 0.4) is 0 Å². The van der Waals surface area contributed by atoms with Crippen LogP contribution in [0.2, 0.25) is 10.0 Å². The number of amides is 2. The van der Waals surface area contributed by atoms with Crippen molar-refractivity contribution in [2.75, 3.05) is 13.7 Å². The van der Waals surface area contributed by atoms with E-state index in [4.69, 9.17) is 27.9 Å². The molecule has 0 spiro atoms. The molecule has 0 radical (unpaired) electrons. The number of ether oxygens (including phenoxy) is 1. The fraction of sp³-hybridized carbons (Fsp3) is 0.364. The molecule has 0 bridgehead atoms. The van der Waals surface area contributed by atoms with Gasteiger partial charge in [0.1, 0.15) is 11.8 Å². The van der Waals surface area contributed by atoms with Crippen molar-refractivity contribution in [3.63, 3.8) is 0 Å². The first-order valence-electron chi connectivity index (χ1n) is 9.56. The number of hydrogen-bond donors (Lipinski definition) is 1. The van der Waals surface area contributed by atoms with Gasteiger partial charge in [-0.05, 0) is 42.7 Å². The van der Waals surface area contributed by atoms with Gasteiger partial charge in [-0.3, -0.25) is 9.59 Å². The summed E-state index contributed by atoms with van der Waals surface area (Å²) in [6.07, 6.45) is 1.37. The van der Waals surface area contributed by atoms with Gasteiger partial charge in [0.05, 0.1) is 0 Å². The molecule has 1 atom stereocenters. The number of hydrogen-bond acceptors (Lipinski definition) is 3. The first kappa shape index (κ1) is 23.0. The topological polar surface area (TPSA) is 58.6 Å². The Morgan fingerprint density at radius 3 is 2.21 bits per heavy atom. The van der Waals surface area contributed by atoms with Gasteiger partial charge in [-0.25, -0.2) is 0 Å². The van der Waals surface area contributed by atoms with Crippen LogP contribution >= 0.6 is 23.2 Å². The highest BCUT2D eigenvalue weighted by Gasteiger charge is 2.29. The van der Waals surface area contributed by atoms with Crippen LogP contribution in [0, 0.1) is 0 Å². The van der Waals surface area contributed by atoms with Crippen LogP contribution in [0.1, 0.15) is 31.4 Å². The highest BCUT2D eigenvalue weighted by molar-refractivity contribution is 6.36. The van der Waals surface area contributed by atoms with Crippen molar-refractivity contribution < 1.29 is 14.3 Å². The Hall–Kier alpha value is -2.24. The van der Waals surface area contributed by atoms with E-state index in [1.54, 1.807) is 25.2 Å². The molecule has 0 aliphatic rings. The Balaban J connectivity index is 2.22. The van der Waals surface area contributed by atoms with Crippen molar-refractivity contribution in [2.24, 2.45) is 0 Å². The number of benzene rings is 2. The number of likely N-dealkylation sites (N-methyl/N-ethyl adjacent to an activating group) is 1. The molecule has 0 aliphatic carbocycles. The Labute approximate surface area is 181 Å². The standard InChI is InChI=1S/C22H26Cl2N2O3/c1-4-15-9-11-16(12-10-15)29-14-21(27)26(20(5-2)22(28)25-3)13-17-18(23)7-6-8-19(17)24/h6-12,20H,4-5,13-14H2,1-3H3,(H,25,28)/t20-/m1/s1. The van der Waals surface area contributed by atoms with E-state index in [1.807, 2.05) is 31.2 Å². The predicted molar refractivity (Wildman–Crippen MR) is 116 cm³/mol. The molecule has 2 aromatic rings. The minimum Gasteiger partial charge on any atom is -0.484 e. The SMILES string of the molecule is CCc1ccc(OCC(=O)N(Cc2c(Cl)cccc2Cl)[C@H](CC)C(=O)NC)cc1. The summed E-state index contributed by atoms with van der Waals surface area (Å²) in [6.45, 7) is 3.84. The molecule has 1 N–H and O–H groups in total. The summed E-state index contributed by atoms with van der Waals surface area (Å²) in [7, 11) is 1.54. The van der Waals surface area contributed by atoms with Crippen LogP contribution in [0.4, 0.5) is 0 Å². The molecule has 7 heteroatoms. The number of halogens is 2. The third kappa shape index (κ3) is 6.12. The molecule has 2 amide bonds. The lowest BCUT2D eigenvalue weighted by molar-refractivity contribution is -0.142. The van der Waals surface area contributed by atoms with Crippen molar-refractivity contribution in [1.29, 1.82) is 0 Å². The smallest absolute Gasteiger partial charge is 0.261 e. The number of carbonyl (C=O) groups is 2. The van der Waals surface area contributed by atoms with Crippen LogP contribution in [-0.2, 0) is 22.6 Å². The van der Waals surface area contributed by atoms with Crippen LogP contribution < -0.4 is 10.1 Å². The average Bonchev–Trinajstić information content (AvgIpc) is 2.73. The number of nitrogens with zero attached hydrogens (tertiary/aromatic N) is 1. The third-order valence-electron chi connectivity index (χ3n) is 4.72. The molecule has 0 aliphatic heterocycles. The summed E-state index contributed by atoms with van der Waals surface area (Å²) >= 11 is 12.6. The van der Waals surface area contributed by atoms with Gasteiger partial charge in [0.25, 0.3) is 5.91 Å². The van der Waals surface area contributed by atoms with Crippen molar-refractivity contribution >= 4 is 35.0 Å². The summed E-state index contributed by atoms with van der Waals surface area (Å²) in [4.78, 5) is 26.9. The molecule has 29 heavy (non-hydrogen) atoms. The molecule has 0 fully saturated rings. The van der Waals surface area contributed by atoms with Crippen LogP contribution in [0.25, 0.3) is 0 Å². The number of rotatable bonds is 9. The number of nitrogens with one attached hydrogen (secondary N) is 1. The van der Waals surface area contributed by atoms with E-state index < -0.39 is 6.04 Å². The fourth-order valence-corrected chi connectivity index (χ4v) is 3.51. The molecule has 156 valence electrons. The van der Waals surface area contributed by atoms with Crippen molar-refractivity contribution in [3.05, 3.63) is 63.6 Å². The van der Waals surface area contributed by atoms with Gasteiger partial charge < -0.3 is 15.0 Å². The molecule has 0 saturated carbocycles. The molecule has 0 heterocycles. The largest absolute Gasteiger partial charge is 0.484 e. The van der Waals surface area contributed by atoms with Gasteiger partial charge in [0, 0.05) is 29.2 Å². The first-order chi connectivity index (χ1) is 13.9. The molecular weight excluding hydrogens is 411 g/mol. The van der Waals surface area contributed by atoms with E-state index in [0.717, 1.165) is 6.42 Å². The Kier molecular flexibility index (Phi) is 8.80. The molecular formula is C22H26Cl2N2O3. The summed E-state index contributed by atoms with van der Waals surface area (Å²) in [5.74, 6) is 0.0200. The average molecular weight is 437 g/mol. The Morgan fingerprint density at radius 1 is 1.07 bits per heavy atom. The zero-order chi connectivity index (χ0) is 21.4. The van der Waals surface area contributed by atoms with Crippen LogP contribution in [-0.4, -0.2) is 36.4 Å². The van der Waals surface area contributed by atoms with E-state index in [9.17, 15) is 9.59 Å². The minimum absolute atomic E-state index is 0.112. The second-order valence-corrected chi connectivity index (χ2v) is 7.36. The van der Waals surface area contributed by atoms with Crippen LogP contribution in [0.15, 0.2) is 42.5 Å². The maximum absolute atomic E-state index is 13.0. The summed E-state index contributed by atoms with van der Waals surface area (Å²) in [5.41, 5.74) is 1.78. The van der Waals surface area contributed by atoms with Gasteiger partial charge in [-0.1, -0.05) is 55.2 Å². The van der Waals surface area contributed by atoms with E-state index in [2.05, 4.69) is 12.2 Å². The molecule has 2 rings (SSSR count). The highest BCUT2D eigenvalue weighted by atomic mass is 35.5. The van der Waals surface area contributed by atoms with Crippen LogP contribution in [0.5, 0.6) is 5.75 Å². The summed E-state index contributed by atoms with van der Waals surface area (Å²) in [6, 6.07) is 12.1. The van der Waals surface area contributed by atoms with E-state index >= 15 is 0 Å². The molecule has 5 nitrogen and oxygen atoms in total. The lowest BCUT2D eigenvalue weighted by Gasteiger charge is -2.30. The monoisotopic (exact) mass is 436 g/mol. The molecule has 2 aromatic carbocycles. The maximum atomic E-state index is 13.0. The number of carbonyl (C=O) groups excluding carboxylic acids is 2. The van der Waals surface area contributed by atoms with Crippen molar-refractivity contribution in [2.45, 2.75) is 39.3 Å². The second kappa shape index (κ2) is 11.1. The summed E-state index contributed by atoms with van der Waals surface area (Å²) < 4.78 is 5.67. The van der Waals surface area contributed by atoms with Gasteiger partial charge in [-0.15, -0.1) is 0 Å². The quantitative estimate of drug-likeness (QED) is 0.629. The fourth-order valence-electron chi connectivity index (χ4n) is 2.99. The lowest BCUT2D eigenvalue weighted by atomic mass is 10.1. The van der Waals surface area contributed by atoms with Gasteiger partial charge in [-0.2, -0.15) is 0 Å². The lowest BCUT2D eigenvalue weighted by Crippen LogP contribution is -2.49. The minimum atomic E-state index is -0.661. The van der Waals surface area contributed by atoms with E-state index in [0.29, 0.717) is 27.8 Å². The van der Waals surface area contributed by atoms with Gasteiger partial charge in [0.2, 0.25) is 5.91 Å². The first-order valence-corrected chi connectivity index (χ1v) is 10.3. The zero-order valence-electron chi connectivity index (χ0n) is 16.9. The Morgan fingerprint density at radius 2 is 1.69 bits per heavy atom. The van der Waals surface area contributed by atoms with Gasteiger partial charge in [0.15, 0.2) is 6.61 Å². The maximum Gasteiger partial charge on any atom is 0.261 e. The third-order valence-corrected chi connectivity index (χ3v) is 5.42. The predicted octanol–water partition coefficient (Wildman–Crippen LogP) is 4.49. The second-order valence-electron chi connectivity index (χ2n) is 6.55. The van der Waals surface area contributed by atoms with Crippen molar-refractivity contribution in [3.8, 4) is 5.75 Å². The van der Waals surface area contributed by atoms with E-state index in [1.165, 1.54) is 10.5 Å². The Bertz CT molecular complexity index is 820. The van der Waals surface area contributed by atoms with E-state index in [-0.39, 0.29) is 25.0 Å². The molecule has 0 saturated heterocycles. The van der Waals surface area contributed by atoms with Crippen molar-refractivity contribution in [1.82, 2.24) is 10.2 Å². The molecule has 0 aromatic heterocycles. The summed E-state index contributed by atoms with van der Waals surface area (Å²) in [5, 5.41) is 3.50. The van der Waals surface area contributed by atoms with Gasteiger partial charge >= 0.3 is 0 Å². The zero-order valence-corrected chi connectivity index (χ0v) is 18.4.